The van der Waals surface area contributed by atoms with Gasteiger partial charge >= 0.3 is 0 Å². The van der Waals surface area contributed by atoms with Gasteiger partial charge in [-0.1, -0.05) is 74.5 Å². The molecule has 0 radical (unpaired) electrons. The van der Waals surface area contributed by atoms with Gasteiger partial charge in [0.05, 0.1) is 0 Å². The SMILES string of the molecule is Cc1cc(-c2ccc(I)c3ccccc23)cc2c1-c1ccccc1C2(C)C. The summed E-state index contributed by atoms with van der Waals surface area (Å²) in [4.78, 5) is 0. The van der Waals surface area contributed by atoms with Gasteiger partial charge in [-0.3, -0.25) is 0 Å². The van der Waals surface area contributed by atoms with Crippen molar-refractivity contribution < 1.29 is 0 Å². The summed E-state index contributed by atoms with van der Waals surface area (Å²) in [6.07, 6.45) is 0. The van der Waals surface area contributed by atoms with Crippen molar-refractivity contribution in [1.82, 2.24) is 0 Å². The molecule has 1 heteroatoms. The molecule has 0 nitrogen and oxygen atoms in total. The van der Waals surface area contributed by atoms with Gasteiger partial charge in [-0.15, -0.1) is 0 Å². The summed E-state index contributed by atoms with van der Waals surface area (Å²) in [6.45, 7) is 6.97. The van der Waals surface area contributed by atoms with Crippen LogP contribution in [-0.4, -0.2) is 0 Å². The first-order chi connectivity index (χ1) is 13.0. The minimum Gasteiger partial charge on any atom is -0.0619 e. The summed E-state index contributed by atoms with van der Waals surface area (Å²) >= 11 is 2.44. The van der Waals surface area contributed by atoms with E-state index in [2.05, 4.69) is 116 Å². The van der Waals surface area contributed by atoms with Crippen LogP contribution in [0.4, 0.5) is 0 Å². The fraction of sp³-hybridized carbons (Fsp3) is 0.154. The minimum absolute atomic E-state index is 0.0334. The molecule has 5 rings (SSSR count). The van der Waals surface area contributed by atoms with Gasteiger partial charge in [0.15, 0.2) is 0 Å². The first kappa shape index (κ1) is 17.0. The average Bonchev–Trinajstić information content (AvgIpc) is 2.90. The highest BCUT2D eigenvalue weighted by atomic mass is 127. The smallest absolute Gasteiger partial charge is 0.0209 e. The Balaban J connectivity index is 1.81. The van der Waals surface area contributed by atoms with E-state index in [0.29, 0.717) is 0 Å². The lowest BCUT2D eigenvalue weighted by atomic mass is 9.81. The van der Waals surface area contributed by atoms with Crippen molar-refractivity contribution in [2.24, 2.45) is 0 Å². The second-order valence-corrected chi connectivity index (χ2v) is 9.19. The van der Waals surface area contributed by atoms with Crippen LogP contribution >= 0.6 is 22.6 Å². The molecule has 0 spiro atoms. The van der Waals surface area contributed by atoms with Crippen molar-refractivity contribution in [3.05, 3.63) is 93.1 Å². The van der Waals surface area contributed by atoms with E-state index in [-0.39, 0.29) is 5.41 Å². The average molecular weight is 460 g/mol. The van der Waals surface area contributed by atoms with Gasteiger partial charge in [0.1, 0.15) is 0 Å². The van der Waals surface area contributed by atoms with Crippen LogP contribution in [0.2, 0.25) is 0 Å². The number of hydrogen-bond acceptors (Lipinski definition) is 0. The van der Waals surface area contributed by atoms with Crippen LogP contribution in [0.1, 0.15) is 30.5 Å². The maximum atomic E-state index is 2.44. The van der Waals surface area contributed by atoms with E-state index in [1.807, 2.05) is 0 Å². The molecule has 0 amide bonds. The lowest BCUT2D eigenvalue weighted by Crippen LogP contribution is -2.15. The molecule has 4 aromatic rings. The van der Waals surface area contributed by atoms with Crippen LogP contribution in [0.25, 0.3) is 33.0 Å². The number of fused-ring (bicyclic) bond motifs is 4. The zero-order valence-electron chi connectivity index (χ0n) is 15.8. The molecule has 0 aliphatic heterocycles. The molecular weight excluding hydrogens is 439 g/mol. The van der Waals surface area contributed by atoms with Crippen LogP contribution in [-0.2, 0) is 5.41 Å². The molecule has 132 valence electrons. The Morgan fingerprint density at radius 3 is 2.22 bits per heavy atom. The summed E-state index contributed by atoms with van der Waals surface area (Å²) in [5, 5.41) is 2.66. The molecule has 0 heterocycles. The molecule has 0 N–H and O–H groups in total. The standard InChI is InChI=1S/C26H21I/c1-16-14-17(18-12-13-24(27)20-9-5-4-8-19(18)20)15-23-25(16)21-10-6-7-11-22(21)26(23,2)3/h4-15H,1-3H3. The maximum Gasteiger partial charge on any atom is 0.0209 e. The molecule has 0 saturated heterocycles. The second-order valence-electron chi connectivity index (χ2n) is 8.03. The Bertz CT molecular complexity index is 1210. The quantitative estimate of drug-likeness (QED) is 0.255. The minimum atomic E-state index is 0.0334. The molecule has 4 aromatic carbocycles. The Labute approximate surface area is 174 Å². The predicted molar refractivity (Wildman–Crippen MR) is 124 cm³/mol. The second kappa shape index (κ2) is 5.93. The van der Waals surface area contributed by atoms with E-state index in [0.717, 1.165) is 0 Å². The Kier molecular flexibility index (Phi) is 3.74. The van der Waals surface area contributed by atoms with E-state index in [1.54, 1.807) is 0 Å². The van der Waals surface area contributed by atoms with Crippen molar-refractivity contribution >= 4 is 33.4 Å². The highest BCUT2D eigenvalue weighted by molar-refractivity contribution is 14.1. The predicted octanol–water partition coefficient (Wildman–Crippen LogP) is 7.73. The highest BCUT2D eigenvalue weighted by Crippen LogP contribution is 2.51. The normalized spacial score (nSPS) is 14.2. The van der Waals surface area contributed by atoms with Crippen LogP contribution in [0.3, 0.4) is 0 Å². The Morgan fingerprint density at radius 1 is 0.704 bits per heavy atom. The molecule has 27 heavy (non-hydrogen) atoms. The van der Waals surface area contributed by atoms with Crippen molar-refractivity contribution in [3.63, 3.8) is 0 Å². The highest BCUT2D eigenvalue weighted by Gasteiger charge is 2.36. The molecule has 0 unspecified atom stereocenters. The number of halogens is 1. The number of rotatable bonds is 1. The third-order valence-electron chi connectivity index (χ3n) is 6.06. The molecule has 0 atom stereocenters. The molecule has 0 fully saturated rings. The Morgan fingerprint density at radius 2 is 1.41 bits per heavy atom. The maximum absolute atomic E-state index is 2.44. The zero-order valence-corrected chi connectivity index (χ0v) is 18.0. The van der Waals surface area contributed by atoms with Gasteiger partial charge in [-0.25, -0.2) is 0 Å². The van der Waals surface area contributed by atoms with E-state index < -0.39 is 0 Å². The zero-order chi connectivity index (χ0) is 18.8. The summed E-state index contributed by atoms with van der Waals surface area (Å²) in [6, 6.07) is 26.9. The van der Waals surface area contributed by atoms with Gasteiger partial charge in [-0.2, -0.15) is 0 Å². The van der Waals surface area contributed by atoms with Crippen molar-refractivity contribution in [2.45, 2.75) is 26.2 Å². The van der Waals surface area contributed by atoms with Gasteiger partial charge < -0.3 is 0 Å². The molecule has 1 aliphatic rings. The van der Waals surface area contributed by atoms with Crippen LogP contribution in [0, 0.1) is 10.5 Å². The Hall–Kier alpha value is -2.13. The first-order valence-corrected chi connectivity index (χ1v) is 10.5. The lowest BCUT2D eigenvalue weighted by molar-refractivity contribution is 0.660. The number of benzene rings is 4. The molecule has 0 aromatic heterocycles. The van der Waals surface area contributed by atoms with Gasteiger partial charge in [0, 0.05) is 8.99 Å². The summed E-state index contributed by atoms with van der Waals surface area (Å²) < 4.78 is 1.30. The molecule has 0 bridgehead atoms. The van der Waals surface area contributed by atoms with Gasteiger partial charge in [0.25, 0.3) is 0 Å². The first-order valence-electron chi connectivity index (χ1n) is 9.41. The molecular formula is C26H21I. The third kappa shape index (κ3) is 2.41. The topological polar surface area (TPSA) is 0 Å². The van der Waals surface area contributed by atoms with Crippen molar-refractivity contribution in [2.75, 3.05) is 0 Å². The fourth-order valence-corrected chi connectivity index (χ4v) is 5.35. The van der Waals surface area contributed by atoms with Crippen molar-refractivity contribution in [3.8, 4) is 22.3 Å². The van der Waals surface area contributed by atoms with Gasteiger partial charge in [-0.05, 0) is 91.4 Å². The number of hydrogen-bond donors (Lipinski definition) is 0. The summed E-state index contributed by atoms with van der Waals surface area (Å²) in [5.74, 6) is 0. The summed E-state index contributed by atoms with van der Waals surface area (Å²) in [5.41, 5.74) is 9.75. The monoisotopic (exact) mass is 460 g/mol. The largest absolute Gasteiger partial charge is 0.0619 e. The van der Waals surface area contributed by atoms with Crippen LogP contribution < -0.4 is 0 Å². The van der Waals surface area contributed by atoms with E-state index >= 15 is 0 Å². The van der Waals surface area contributed by atoms with Gasteiger partial charge in [0.2, 0.25) is 0 Å². The van der Waals surface area contributed by atoms with E-state index in [9.17, 15) is 0 Å². The van der Waals surface area contributed by atoms with E-state index in [1.165, 1.54) is 53.3 Å². The summed E-state index contributed by atoms with van der Waals surface area (Å²) in [7, 11) is 0. The lowest BCUT2D eigenvalue weighted by Gasteiger charge is -2.22. The third-order valence-corrected chi connectivity index (χ3v) is 7.00. The van der Waals surface area contributed by atoms with E-state index in [4.69, 9.17) is 0 Å². The van der Waals surface area contributed by atoms with Crippen LogP contribution in [0.5, 0.6) is 0 Å². The molecule has 1 aliphatic carbocycles. The fourth-order valence-electron chi connectivity index (χ4n) is 4.70. The number of aryl methyl sites for hydroxylation is 1. The molecule has 0 saturated carbocycles. The van der Waals surface area contributed by atoms with Crippen LogP contribution in [0.15, 0.2) is 72.8 Å². The van der Waals surface area contributed by atoms with Crippen molar-refractivity contribution in [1.29, 1.82) is 0 Å².